The Morgan fingerprint density at radius 2 is 2.00 bits per heavy atom. The minimum atomic E-state index is -1.02. The van der Waals surface area contributed by atoms with Crippen molar-refractivity contribution in [2.24, 2.45) is 5.92 Å². The third-order valence-corrected chi connectivity index (χ3v) is 3.60. The number of aryl methyl sites for hydroxylation is 1. The molecule has 0 aliphatic rings. The van der Waals surface area contributed by atoms with E-state index in [4.69, 9.17) is 5.11 Å². The van der Waals surface area contributed by atoms with Gasteiger partial charge in [0.15, 0.2) is 0 Å². The zero-order valence-corrected chi connectivity index (χ0v) is 13.0. The van der Waals surface area contributed by atoms with E-state index in [1.165, 1.54) is 0 Å². The number of imidazole rings is 1. The van der Waals surface area contributed by atoms with Crippen molar-refractivity contribution in [2.45, 2.75) is 39.8 Å². The number of aliphatic carboxylic acids is 1. The van der Waals surface area contributed by atoms with Crippen LogP contribution in [0.15, 0.2) is 24.3 Å². The van der Waals surface area contributed by atoms with E-state index in [0.717, 1.165) is 16.9 Å². The molecule has 0 bridgehead atoms. The highest BCUT2D eigenvalue weighted by Gasteiger charge is 2.24. The molecule has 1 heterocycles. The molecule has 0 spiro atoms. The molecule has 22 heavy (non-hydrogen) atoms. The fourth-order valence-electron chi connectivity index (χ4n) is 2.45. The number of nitrogens with one attached hydrogen (secondary N) is 1. The maximum atomic E-state index is 12.2. The quantitative estimate of drug-likeness (QED) is 0.852. The molecule has 1 amide bonds. The number of carbonyl (C=O) groups excluding carboxylic acids is 1. The minimum Gasteiger partial charge on any atom is -0.480 e. The molecule has 0 saturated carbocycles. The van der Waals surface area contributed by atoms with Crippen molar-refractivity contribution in [1.29, 1.82) is 0 Å². The van der Waals surface area contributed by atoms with E-state index in [-0.39, 0.29) is 18.4 Å². The van der Waals surface area contributed by atoms with Gasteiger partial charge in [0.2, 0.25) is 5.91 Å². The Kier molecular flexibility index (Phi) is 4.80. The van der Waals surface area contributed by atoms with Gasteiger partial charge >= 0.3 is 5.97 Å². The van der Waals surface area contributed by atoms with Crippen LogP contribution >= 0.6 is 0 Å². The molecule has 2 N–H and O–H groups in total. The molecule has 0 aliphatic heterocycles. The summed E-state index contributed by atoms with van der Waals surface area (Å²) in [5.41, 5.74) is 1.72. The lowest BCUT2D eigenvalue weighted by Gasteiger charge is -2.18. The first-order chi connectivity index (χ1) is 10.4. The summed E-state index contributed by atoms with van der Waals surface area (Å²) in [6, 6.07) is 6.72. The van der Waals surface area contributed by atoms with Crippen LogP contribution in [-0.2, 0) is 22.6 Å². The molecule has 1 aromatic carbocycles. The number of carboxylic acid groups (broad SMARTS) is 1. The Hall–Kier alpha value is -2.37. The van der Waals surface area contributed by atoms with Crippen molar-refractivity contribution in [2.75, 3.05) is 0 Å². The number of hydrogen-bond donors (Lipinski definition) is 2. The summed E-state index contributed by atoms with van der Waals surface area (Å²) >= 11 is 0. The lowest BCUT2D eigenvalue weighted by atomic mass is 10.1. The summed E-state index contributed by atoms with van der Waals surface area (Å²) in [5, 5.41) is 11.7. The van der Waals surface area contributed by atoms with Crippen molar-refractivity contribution >= 4 is 22.9 Å². The number of carboxylic acids is 1. The Bertz CT molecular complexity index is 691. The van der Waals surface area contributed by atoms with Gasteiger partial charge in [0, 0.05) is 6.42 Å². The summed E-state index contributed by atoms with van der Waals surface area (Å²) in [6.07, 6.45) is 0.703. The van der Waals surface area contributed by atoms with Gasteiger partial charge in [-0.15, -0.1) is 0 Å². The van der Waals surface area contributed by atoms with Crippen LogP contribution in [0.2, 0.25) is 0 Å². The highest BCUT2D eigenvalue weighted by atomic mass is 16.4. The zero-order chi connectivity index (χ0) is 16.3. The normalized spacial score (nSPS) is 12.5. The van der Waals surface area contributed by atoms with Gasteiger partial charge in [0.25, 0.3) is 0 Å². The van der Waals surface area contributed by atoms with E-state index in [9.17, 15) is 9.59 Å². The molecule has 1 aromatic heterocycles. The molecule has 2 aromatic rings. The Balaban J connectivity index is 2.23. The van der Waals surface area contributed by atoms with E-state index in [1.54, 1.807) is 13.8 Å². The second-order valence-corrected chi connectivity index (χ2v) is 5.58. The first kappa shape index (κ1) is 16.0. The lowest BCUT2D eigenvalue weighted by molar-refractivity contribution is -0.143. The Labute approximate surface area is 129 Å². The molecular weight excluding hydrogens is 282 g/mol. The van der Waals surface area contributed by atoms with Gasteiger partial charge in [-0.25, -0.2) is 9.78 Å². The standard InChI is InChI=1S/C16H21N3O3/c1-4-13-17-11-7-5-6-8-12(11)19(13)9-14(20)18-15(10(2)3)16(21)22/h5-8,10,15H,4,9H2,1-3H3,(H,18,20)(H,21,22)/t15-/m0/s1. The Morgan fingerprint density at radius 3 is 2.59 bits per heavy atom. The van der Waals surface area contributed by atoms with Crippen molar-refractivity contribution in [3.63, 3.8) is 0 Å². The maximum Gasteiger partial charge on any atom is 0.326 e. The summed E-state index contributed by atoms with van der Waals surface area (Å²) in [7, 11) is 0. The molecule has 2 rings (SSSR count). The summed E-state index contributed by atoms with van der Waals surface area (Å²) in [4.78, 5) is 27.9. The minimum absolute atomic E-state index is 0.0696. The summed E-state index contributed by atoms with van der Waals surface area (Å²) in [6.45, 7) is 5.58. The monoisotopic (exact) mass is 303 g/mol. The molecule has 0 unspecified atom stereocenters. The average molecular weight is 303 g/mol. The Morgan fingerprint density at radius 1 is 1.32 bits per heavy atom. The first-order valence-electron chi connectivity index (χ1n) is 7.40. The van der Waals surface area contributed by atoms with E-state index < -0.39 is 12.0 Å². The van der Waals surface area contributed by atoms with Crippen LogP contribution in [0, 0.1) is 5.92 Å². The maximum absolute atomic E-state index is 12.2. The second-order valence-electron chi connectivity index (χ2n) is 5.58. The molecule has 0 fully saturated rings. The smallest absolute Gasteiger partial charge is 0.326 e. The molecule has 0 radical (unpaired) electrons. The molecule has 6 nitrogen and oxygen atoms in total. The molecule has 118 valence electrons. The van der Waals surface area contributed by atoms with Crippen molar-refractivity contribution < 1.29 is 14.7 Å². The number of nitrogens with zero attached hydrogens (tertiary/aromatic N) is 2. The van der Waals surface area contributed by atoms with Crippen LogP contribution < -0.4 is 5.32 Å². The number of aromatic nitrogens is 2. The van der Waals surface area contributed by atoms with Gasteiger partial charge < -0.3 is 15.0 Å². The molecule has 1 atom stereocenters. The van der Waals surface area contributed by atoms with Crippen molar-refractivity contribution in [3.05, 3.63) is 30.1 Å². The summed E-state index contributed by atoms with van der Waals surface area (Å²) < 4.78 is 1.84. The fraction of sp³-hybridized carbons (Fsp3) is 0.438. The average Bonchev–Trinajstić information content (AvgIpc) is 2.82. The molecular formula is C16H21N3O3. The number of rotatable bonds is 6. The SMILES string of the molecule is CCc1nc2ccccc2n1CC(=O)N[C@H](C(=O)O)C(C)C. The van der Waals surface area contributed by atoms with Crippen LogP contribution in [0.5, 0.6) is 0 Å². The van der Waals surface area contributed by atoms with Gasteiger partial charge in [0.1, 0.15) is 18.4 Å². The highest BCUT2D eigenvalue weighted by molar-refractivity contribution is 5.85. The van der Waals surface area contributed by atoms with Gasteiger partial charge in [0.05, 0.1) is 11.0 Å². The topological polar surface area (TPSA) is 84.2 Å². The zero-order valence-electron chi connectivity index (χ0n) is 13.0. The van der Waals surface area contributed by atoms with Gasteiger partial charge in [-0.2, -0.15) is 0 Å². The number of benzene rings is 1. The molecule has 0 aliphatic carbocycles. The number of carbonyl (C=O) groups is 2. The van der Waals surface area contributed by atoms with E-state index >= 15 is 0 Å². The third-order valence-electron chi connectivity index (χ3n) is 3.60. The fourth-order valence-corrected chi connectivity index (χ4v) is 2.45. The molecule has 0 saturated heterocycles. The van der Waals surface area contributed by atoms with Crippen molar-refractivity contribution in [1.82, 2.24) is 14.9 Å². The first-order valence-corrected chi connectivity index (χ1v) is 7.40. The lowest BCUT2D eigenvalue weighted by Crippen LogP contribution is -2.45. The van der Waals surface area contributed by atoms with Crippen LogP contribution in [0.1, 0.15) is 26.6 Å². The number of fused-ring (bicyclic) bond motifs is 1. The van der Waals surface area contributed by atoms with E-state index in [0.29, 0.717) is 6.42 Å². The van der Waals surface area contributed by atoms with Crippen molar-refractivity contribution in [3.8, 4) is 0 Å². The van der Waals surface area contributed by atoms with Crippen LogP contribution in [0.4, 0.5) is 0 Å². The second kappa shape index (κ2) is 6.60. The highest BCUT2D eigenvalue weighted by Crippen LogP contribution is 2.16. The molecule has 6 heteroatoms. The summed E-state index contributed by atoms with van der Waals surface area (Å²) in [5.74, 6) is -0.701. The van der Waals surface area contributed by atoms with Gasteiger partial charge in [-0.05, 0) is 18.1 Å². The van der Waals surface area contributed by atoms with Gasteiger partial charge in [-0.3, -0.25) is 4.79 Å². The number of amides is 1. The van der Waals surface area contributed by atoms with E-state index in [2.05, 4.69) is 10.3 Å². The largest absolute Gasteiger partial charge is 0.480 e. The van der Waals surface area contributed by atoms with Crippen LogP contribution in [0.3, 0.4) is 0 Å². The predicted octanol–water partition coefficient (Wildman–Crippen LogP) is 1.82. The van der Waals surface area contributed by atoms with E-state index in [1.807, 2.05) is 35.8 Å². The number of hydrogen-bond acceptors (Lipinski definition) is 3. The van der Waals surface area contributed by atoms with Crippen LogP contribution in [0.25, 0.3) is 11.0 Å². The number of para-hydroxylation sites is 2. The third kappa shape index (κ3) is 3.27. The van der Waals surface area contributed by atoms with Crippen LogP contribution in [-0.4, -0.2) is 32.6 Å². The predicted molar refractivity (Wildman–Crippen MR) is 83.5 cm³/mol. The van der Waals surface area contributed by atoms with Gasteiger partial charge in [-0.1, -0.05) is 32.9 Å².